The molecule has 0 spiro atoms. The molecular weight excluding hydrogens is 319 g/mol. The molecule has 0 unspecified atom stereocenters. The molecule has 0 saturated heterocycles. The largest absolute Gasteiger partial charge is 0.480 e. The van der Waals surface area contributed by atoms with Gasteiger partial charge in [-0.3, -0.25) is 4.79 Å². The van der Waals surface area contributed by atoms with Crippen LogP contribution in [-0.2, 0) is 11.2 Å². The fourth-order valence-corrected chi connectivity index (χ4v) is 2.11. The number of hydrogen-bond donors (Lipinski definition) is 3. The maximum atomic E-state index is 12.0. The highest BCUT2D eigenvalue weighted by molar-refractivity contribution is 6.33. The van der Waals surface area contributed by atoms with E-state index < -0.39 is 17.9 Å². The summed E-state index contributed by atoms with van der Waals surface area (Å²) in [7, 11) is 0. The predicted molar refractivity (Wildman–Crippen MR) is 75.4 cm³/mol. The Kier molecular flexibility index (Phi) is 4.77. The number of H-pyrrole nitrogens is 1. The van der Waals surface area contributed by atoms with Gasteiger partial charge in [-0.15, -0.1) is 0 Å². The van der Waals surface area contributed by atoms with Crippen molar-refractivity contribution in [2.75, 3.05) is 0 Å². The summed E-state index contributed by atoms with van der Waals surface area (Å²) in [5.74, 6) is -1.77. The van der Waals surface area contributed by atoms with Gasteiger partial charge in [0, 0.05) is 23.9 Å². The third-order valence-electron chi connectivity index (χ3n) is 2.61. The molecule has 0 aliphatic rings. The van der Waals surface area contributed by atoms with Crippen molar-refractivity contribution in [1.29, 1.82) is 0 Å². The monoisotopic (exact) mass is 328 g/mol. The van der Waals surface area contributed by atoms with Gasteiger partial charge < -0.3 is 15.4 Å². The Morgan fingerprint density at radius 2 is 2.00 bits per heavy atom. The lowest BCUT2D eigenvalue weighted by molar-refractivity contribution is -0.139. The lowest BCUT2D eigenvalue weighted by Crippen LogP contribution is -2.42. The third-order valence-corrected chi connectivity index (χ3v) is 2.99. The molecule has 0 aliphatic heterocycles. The number of carbonyl (C=O) groups is 2. The van der Waals surface area contributed by atoms with Gasteiger partial charge in [0.25, 0.3) is 5.91 Å². The highest BCUT2D eigenvalue weighted by Crippen LogP contribution is 2.14. The topological polar surface area (TPSA) is 108 Å². The number of carboxylic acids is 1. The quantitative estimate of drug-likeness (QED) is 0.721. The molecule has 1 atom stereocenters. The highest BCUT2D eigenvalue weighted by Gasteiger charge is 2.22. The number of halogens is 2. The molecular formula is C12H10Cl2N4O3. The molecule has 2 rings (SSSR count). The number of nitrogens with one attached hydrogen (secondary N) is 2. The molecule has 1 amide bonds. The van der Waals surface area contributed by atoms with Crippen LogP contribution in [0.2, 0.25) is 10.3 Å². The van der Waals surface area contributed by atoms with Crippen LogP contribution in [0.3, 0.4) is 0 Å². The van der Waals surface area contributed by atoms with Crippen molar-refractivity contribution < 1.29 is 14.7 Å². The summed E-state index contributed by atoms with van der Waals surface area (Å²) in [5.41, 5.74) is 0.726. The summed E-state index contributed by atoms with van der Waals surface area (Å²) in [5, 5.41) is 11.7. The standard InChI is InChI=1S/C12H10Cl2N4O3/c13-9-1-6(2-10(14)18-9)11(19)17-8(12(20)21)3-7-4-15-5-16-7/h1-2,4-5,8H,3H2,(H,15,16)(H,17,19)(H,20,21)/t8-/m0/s1. The molecule has 21 heavy (non-hydrogen) atoms. The maximum absolute atomic E-state index is 12.0. The van der Waals surface area contributed by atoms with E-state index in [0.29, 0.717) is 5.69 Å². The van der Waals surface area contributed by atoms with Crippen molar-refractivity contribution in [3.8, 4) is 0 Å². The fraction of sp³-hybridized carbons (Fsp3) is 0.167. The highest BCUT2D eigenvalue weighted by atomic mass is 35.5. The SMILES string of the molecule is O=C(N[C@@H](Cc1cnc[nH]1)C(=O)O)c1cc(Cl)nc(Cl)c1. The number of aromatic nitrogens is 3. The van der Waals surface area contributed by atoms with Crippen LogP contribution in [0.5, 0.6) is 0 Å². The Morgan fingerprint density at radius 3 is 2.52 bits per heavy atom. The van der Waals surface area contributed by atoms with Crippen LogP contribution in [0.15, 0.2) is 24.7 Å². The van der Waals surface area contributed by atoms with Crippen LogP contribution >= 0.6 is 23.2 Å². The summed E-state index contributed by atoms with van der Waals surface area (Å²) in [6, 6.07) is 1.50. The summed E-state index contributed by atoms with van der Waals surface area (Å²) in [4.78, 5) is 33.5. The zero-order valence-corrected chi connectivity index (χ0v) is 12.0. The molecule has 0 radical (unpaired) electrons. The van der Waals surface area contributed by atoms with Crippen molar-refractivity contribution in [2.24, 2.45) is 0 Å². The van der Waals surface area contributed by atoms with Gasteiger partial charge in [0.2, 0.25) is 0 Å². The van der Waals surface area contributed by atoms with E-state index >= 15 is 0 Å². The molecule has 2 heterocycles. The second kappa shape index (κ2) is 6.55. The fourth-order valence-electron chi connectivity index (χ4n) is 1.65. The van der Waals surface area contributed by atoms with Gasteiger partial charge in [-0.2, -0.15) is 0 Å². The molecule has 2 aromatic rings. The Labute approximate surface area is 129 Å². The Hall–Kier alpha value is -2.12. The van der Waals surface area contributed by atoms with E-state index in [1.54, 1.807) is 0 Å². The Bertz CT molecular complexity index is 640. The number of imidazole rings is 1. The minimum absolute atomic E-state index is 0.0492. The zero-order valence-electron chi connectivity index (χ0n) is 10.5. The molecule has 0 aromatic carbocycles. The average Bonchev–Trinajstić information content (AvgIpc) is 2.89. The van der Waals surface area contributed by atoms with Crippen LogP contribution in [0, 0.1) is 0 Å². The molecule has 0 fully saturated rings. The van der Waals surface area contributed by atoms with Crippen LogP contribution in [-0.4, -0.2) is 38.0 Å². The van der Waals surface area contributed by atoms with Crippen molar-refractivity contribution in [2.45, 2.75) is 12.5 Å². The van der Waals surface area contributed by atoms with Crippen molar-refractivity contribution in [1.82, 2.24) is 20.3 Å². The molecule has 110 valence electrons. The van der Waals surface area contributed by atoms with Crippen molar-refractivity contribution in [3.63, 3.8) is 0 Å². The number of aliphatic carboxylic acids is 1. The van der Waals surface area contributed by atoms with E-state index in [4.69, 9.17) is 28.3 Å². The molecule has 0 bridgehead atoms. The zero-order chi connectivity index (χ0) is 15.4. The lowest BCUT2D eigenvalue weighted by atomic mass is 10.1. The predicted octanol–water partition coefficient (Wildman–Crippen LogP) is 1.54. The van der Waals surface area contributed by atoms with Crippen LogP contribution in [0.4, 0.5) is 0 Å². The second-order valence-electron chi connectivity index (χ2n) is 4.15. The van der Waals surface area contributed by atoms with Crippen LogP contribution in [0.1, 0.15) is 16.1 Å². The van der Waals surface area contributed by atoms with Gasteiger partial charge in [0.15, 0.2) is 0 Å². The van der Waals surface area contributed by atoms with E-state index in [-0.39, 0.29) is 22.3 Å². The maximum Gasteiger partial charge on any atom is 0.326 e. The van der Waals surface area contributed by atoms with Gasteiger partial charge in [-0.25, -0.2) is 14.8 Å². The van der Waals surface area contributed by atoms with Gasteiger partial charge in [0.1, 0.15) is 16.3 Å². The van der Waals surface area contributed by atoms with Gasteiger partial charge >= 0.3 is 5.97 Å². The Morgan fingerprint density at radius 1 is 1.33 bits per heavy atom. The minimum atomic E-state index is -1.16. The number of carbonyl (C=O) groups excluding carboxylic acids is 1. The van der Waals surface area contributed by atoms with E-state index in [1.165, 1.54) is 24.7 Å². The molecule has 7 nitrogen and oxygen atoms in total. The molecule has 0 aliphatic carbocycles. The third kappa shape index (κ3) is 4.17. The molecule has 3 N–H and O–H groups in total. The number of nitrogens with zero attached hydrogens (tertiary/aromatic N) is 2. The first-order valence-electron chi connectivity index (χ1n) is 5.79. The molecule has 2 aromatic heterocycles. The second-order valence-corrected chi connectivity index (χ2v) is 4.92. The van der Waals surface area contributed by atoms with Crippen molar-refractivity contribution in [3.05, 3.63) is 46.2 Å². The van der Waals surface area contributed by atoms with E-state index in [1.807, 2.05) is 0 Å². The van der Waals surface area contributed by atoms with Gasteiger partial charge in [-0.1, -0.05) is 23.2 Å². The average molecular weight is 329 g/mol. The summed E-state index contributed by atoms with van der Waals surface area (Å²) >= 11 is 11.4. The van der Waals surface area contributed by atoms with Crippen LogP contribution < -0.4 is 5.32 Å². The van der Waals surface area contributed by atoms with E-state index in [2.05, 4.69) is 20.3 Å². The van der Waals surface area contributed by atoms with Crippen LogP contribution in [0.25, 0.3) is 0 Å². The van der Waals surface area contributed by atoms with Gasteiger partial charge in [0.05, 0.1) is 6.33 Å². The number of aromatic amines is 1. The minimum Gasteiger partial charge on any atom is -0.480 e. The first-order chi connectivity index (χ1) is 9.95. The summed E-state index contributed by atoms with van der Waals surface area (Å²) in [6.07, 6.45) is 2.99. The summed E-state index contributed by atoms with van der Waals surface area (Å²) in [6.45, 7) is 0. The number of amides is 1. The first-order valence-corrected chi connectivity index (χ1v) is 6.55. The smallest absolute Gasteiger partial charge is 0.326 e. The number of carboxylic acid groups (broad SMARTS) is 1. The molecule has 0 saturated carbocycles. The van der Waals surface area contributed by atoms with Crippen molar-refractivity contribution >= 4 is 35.1 Å². The molecule has 9 heteroatoms. The van der Waals surface area contributed by atoms with E-state index in [0.717, 1.165) is 0 Å². The summed E-state index contributed by atoms with van der Waals surface area (Å²) < 4.78 is 0. The number of hydrogen-bond acceptors (Lipinski definition) is 4. The lowest BCUT2D eigenvalue weighted by Gasteiger charge is -2.13. The number of rotatable bonds is 5. The first kappa shape index (κ1) is 15.3. The normalized spacial score (nSPS) is 11.9. The Balaban J connectivity index is 2.12. The van der Waals surface area contributed by atoms with E-state index in [9.17, 15) is 9.59 Å². The number of pyridine rings is 1. The van der Waals surface area contributed by atoms with Gasteiger partial charge in [-0.05, 0) is 12.1 Å².